The van der Waals surface area contributed by atoms with Gasteiger partial charge in [-0.3, -0.25) is 9.48 Å². The van der Waals surface area contributed by atoms with Crippen molar-refractivity contribution in [2.45, 2.75) is 6.73 Å². The molecule has 0 unspecified atom stereocenters. The summed E-state index contributed by atoms with van der Waals surface area (Å²) in [7, 11) is 2.82. The van der Waals surface area contributed by atoms with Crippen LogP contribution in [0.4, 0.5) is 5.69 Å². The van der Waals surface area contributed by atoms with Gasteiger partial charge in [0, 0.05) is 17.7 Å². The number of carbonyl (C=O) groups is 2. The van der Waals surface area contributed by atoms with E-state index in [0.717, 1.165) is 4.47 Å². The van der Waals surface area contributed by atoms with Gasteiger partial charge in [-0.1, -0.05) is 27.5 Å². The number of nitrogens with zero attached hydrogens (tertiary/aromatic N) is 4. The number of benzene rings is 1. The predicted molar refractivity (Wildman–Crippen MR) is 105 cm³/mol. The molecule has 0 fully saturated rings. The fourth-order valence-corrected chi connectivity index (χ4v) is 3.06. The highest BCUT2D eigenvalue weighted by molar-refractivity contribution is 9.10. The molecule has 0 aliphatic rings. The Hall–Kier alpha value is -2.85. The molecule has 0 spiro atoms. The van der Waals surface area contributed by atoms with Gasteiger partial charge in [-0.05, 0) is 24.3 Å². The van der Waals surface area contributed by atoms with E-state index in [2.05, 4.69) is 31.4 Å². The molecule has 3 aromatic rings. The quantitative estimate of drug-likeness (QED) is 0.558. The molecule has 3 rings (SSSR count). The van der Waals surface area contributed by atoms with Crippen molar-refractivity contribution in [3.05, 3.63) is 57.5 Å². The van der Waals surface area contributed by atoms with Crippen LogP contribution in [-0.4, -0.2) is 38.5 Å². The minimum atomic E-state index is -0.611. The summed E-state index contributed by atoms with van der Waals surface area (Å²) in [6.07, 6.45) is 2.95. The van der Waals surface area contributed by atoms with Crippen LogP contribution in [0.5, 0.6) is 5.75 Å². The van der Waals surface area contributed by atoms with E-state index in [0.29, 0.717) is 10.8 Å². The lowest BCUT2D eigenvalue weighted by molar-refractivity contribution is 0.0589. The van der Waals surface area contributed by atoms with Gasteiger partial charge in [-0.25, -0.2) is 9.48 Å². The zero-order valence-corrected chi connectivity index (χ0v) is 17.2. The number of hydrogen-bond acceptors (Lipinski definition) is 6. The van der Waals surface area contributed by atoms with Gasteiger partial charge in [0.1, 0.15) is 5.75 Å². The molecule has 1 amide bonds. The van der Waals surface area contributed by atoms with Gasteiger partial charge >= 0.3 is 5.97 Å². The summed E-state index contributed by atoms with van der Waals surface area (Å²) < 4.78 is 13.9. The Kier molecular flexibility index (Phi) is 6.00. The molecule has 0 saturated carbocycles. The first-order valence-electron chi connectivity index (χ1n) is 7.92. The van der Waals surface area contributed by atoms with E-state index in [-0.39, 0.29) is 23.8 Å². The van der Waals surface area contributed by atoms with E-state index in [4.69, 9.17) is 21.1 Å². The number of esters is 1. The van der Waals surface area contributed by atoms with Crippen molar-refractivity contribution < 1.29 is 19.1 Å². The molecule has 146 valence electrons. The van der Waals surface area contributed by atoms with Crippen LogP contribution < -0.4 is 10.1 Å². The fraction of sp³-hybridized carbons (Fsp3) is 0.176. The van der Waals surface area contributed by atoms with Crippen LogP contribution in [0.3, 0.4) is 0 Å². The summed E-state index contributed by atoms with van der Waals surface area (Å²) in [4.78, 5) is 24.2. The molecule has 1 aromatic carbocycles. The Labute approximate surface area is 173 Å². The third kappa shape index (κ3) is 4.34. The second-order valence-corrected chi connectivity index (χ2v) is 6.89. The molecular formula is C17H15BrClN5O4. The molecule has 9 nitrogen and oxygen atoms in total. The Morgan fingerprint density at radius 3 is 2.82 bits per heavy atom. The highest BCUT2D eigenvalue weighted by atomic mass is 79.9. The normalized spacial score (nSPS) is 10.6. The number of ether oxygens (including phenoxy) is 2. The Morgan fingerprint density at radius 2 is 2.11 bits per heavy atom. The van der Waals surface area contributed by atoms with E-state index < -0.39 is 11.9 Å². The summed E-state index contributed by atoms with van der Waals surface area (Å²) in [6, 6.07) is 6.76. The third-order valence-electron chi connectivity index (χ3n) is 3.69. The number of aryl methyl sites for hydroxylation is 1. The zero-order chi connectivity index (χ0) is 20.3. The number of nitrogens with one attached hydrogen (secondary N) is 1. The standard InChI is InChI=1S/C17H15BrClN5O4/c1-23-15(17(26)27-2)13(8-20-23)21-16(25)12-5-6-24(22-12)9-28-14-4-3-10(18)7-11(14)19/h3-8H,9H2,1-2H3,(H,21,25). The van der Waals surface area contributed by atoms with Crippen LogP contribution in [-0.2, 0) is 18.5 Å². The van der Waals surface area contributed by atoms with E-state index >= 15 is 0 Å². The largest absolute Gasteiger partial charge is 0.470 e. The lowest BCUT2D eigenvalue weighted by Gasteiger charge is -2.08. The van der Waals surface area contributed by atoms with Crippen LogP contribution >= 0.6 is 27.5 Å². The number of aromatic nitrogens is 4. The number of rotatable bonds is 6. The number of hydrogen-bond donors (Lipinski definition) is 1. The predicted octanol–water partition coefficient (Wildman–Crippen LogP) is 3.11. The maximum absolute atomic E-state index is 12.4. The summed E-state index contributed by atoms with van der Waals surface area (Å²) in [5, 5.41) is 11.2. The van der Waals surface area contributed by atoms with Crippen molar-refractivity contribution in [1.29, 1.82) is 0 Å². The van der Waals surface area contributed by atoms with Crippen LogP contribution in [0, 0.1) is 0 Å². The highest BCUT2D eigenvalue weighted by Crippen LogP contribution is 2.27. The summed E-state index contributed by atoms with van der Waals surface area (Å²) in [6.45, 7) is 0.0644. The van der Waals surface area contributed by atoms with Crippen LogP contribution in [0.1, 0.15) is 21.0 Å². The molecule has 0 atom stereocenters. The molecule has 2 aromatic heterocycles. The van der Waals surface area contributed by atoms with E-state index in [1.165, 1.54) is 28.7 Å². The Balaban J connectivity index is 1.67. The second-order valence-electron chi connectivity index (χ2n) is 5.56. The molecule has 0 aliphatic carbocycles. The lowest BCUT2D eigenvalue weighted by atomic mass is 10.3. The number of anilines is 1. The summed E-state index contributed by atoms with van der Waals surface area (Å²) in [5.74, 6) is -0.622. The van der Waals surface area contributed by atoms with Gasteiger partial charge in [0.05, 0.1) is 24.0 Å². The maximum atomic E-state index is 12.4. The molecule has 2 heterocycles. The average Bonchev–Trinajstić information content (AvgIpc) is 3.27. The molecule has 0 saturated heterocycles. The first-order chi connectivity index (χ1) is 13.4. The minimum absolute atomic E-state index is 0.0644. The van der Waals surface area contributed by atoms with E-state index in [9.17, 15) is 9.59 Å². The molecule has 0 aliphatic heterocycles. The molecule has 1 N–H and O–H groups in total. The SMILES string of the molecule is COC(=O)c1c(NC(=O)c2ccn(COc3ccc(Br)cc3Cl)n2)cnn1C. The zero-order valence-electron chi connectivity index (χ0n) is 14.8. The maximum Gasteiger partial charge on any atom is 0.358 e. The molecule has 28 heavy (non-hydrogen) atoms. The van der Waals surface area contributed by atoms with Crippen molar-refractivity contribution in [3.8, 4) is 5.75 Å². The van der Waals surface area contributed by atoms with Crippen molar-refractivity contribution in [1.82, 2.24) is 19.6 Å². The van der Waals surface area contributed by atoms with Gasteiger partial charge in [-0.2, -0.15) is 10.2 Å². The van der Waals surface area contributed by atoms with E-state index in [1.54, 1.807) is 31.4 Å². The van der Waals surface area contributed by atoms with Crippen LogP contribution in [0.15, 0.2) is 41.1 Å². The summed E-state index contributed by atoms with van der Waals surface area (Å²) >= 11 is 9.42. The number of amides is 1. The topological polar surface area (TPSA) is 100 Å². The number of methoxy groups -OCH3 is 1. The van der Waals surface area contributed by atoms with Crippen molar-refractivity contribution in [2.75, 3.05) is 12.4 Å². The molecule has 11 heteroatoms. The molecular weight excluding hydrogens is 454 g/mol. The minimum Gasteiger partial charge on any atom is -0.470 e. The fourth-order valence-electron chi connectivity index (χ4n) is 2.34. The van der Waals surface area contributed by atoms with Gasteiger partial charge in [0.15, 0.2) is 18.1 Å². The monoisotopic (exact) mass is 467 g/mol. The molecule has 0 radical (unpaired) electrons. The van der Waals surface area contributed by atoms with Crippen molar-refractivity contribution >= 4 is 45.1 Å². The smallest absolute Gasteiger partial charge is 0.358 e. The lowest BCUT2D eigenvalue weighted by Crippen LogP contribution is -2.17. The van der Waals surface area contributed by atoms with Gasteiger partial charge in [0.2, 0.25) is 0 Å². The van der Waals surface area contributed by atoms with Gasteiger partial charge in [0.25, 0.3) is 5.91 Å². The third-order valence-corrected chi connectivity index (χ3v) is 4.47. The van der Waals surface area contributed by atoms with Crippen molar-refractivity contribution in [3.63, 3.8) is 0 Å². The molecule has 0 bridgehead atoms. The van der Waals surface area contributed by atoms with Crippen molar-refractivity contribution in [2.24, 2.45) is 7.05 Å². The van der Waals surface area contributed by atoms with Gasteiger partial charge < -0.3 is 14.8 Å². The Bertz CT molecular complexity index is 1030. The summed E-state index contributed by atoms with van der Waals surface area (Å²) in [5.41, 5.74) is 0.500. The first-order valence-corrected chi connectivity index (χ1v) is 9.09. The average molecular weight is 469 g/mol. The van der Waals surface area contributed by atoms with E-state index in [1.807, 2.05) is 0 Å². The Morgan fingerprint density at radius 1 is 1.32 bits per heavy atom. The first kappa shape index (κ1) is 19.9. The van der Waals surface area contributed by atoms with Gasteiger partial charge in [-0.15, -0.1) is 0 Å². The van der Waals surface area contributed by atoms with Crippen LogP contribution in [0.2, 0.25) is 5.02 Å². The highest BCUT2D eigenvalue weighted by Gasteiger charge is 2.20. The van der Waals surface area contributed by atoms with Crippen LogP contribution in [0.25, 0.3) is 0 Å². The number of halogens is 2. The number of carbonyl (C=O) groups excluding carboxylic acids is 2. The second kappa shape index (κ2) is 8.44.